The maximum Gasteiger partial charge on any atom is 0.416 e. The van der Waals surface area contributed by atoms with E-state index >= 15 is 0 Å². The van der Waals surface area contributed by atoms with Gasteiger partial charge in [0, 0.05) is 26.2 Å². The lowest BCUT2D eigenvalue weighted by molar-refractivity contribution is -0.143. The maximum absolute atomic E-state index is 13.2. The van der Waals surface area contributed by atoms with Crippen LogP contribution < -0.4 is 5.32 Å². The van der Waals surface area contributed by atoms with Gasteiger partial charge in [0.15, 0.2) is 0 Å². The zero-order valence-electron chi connectivity index (χ0n) is 16.9. The SMILES string of the molecule is CC(OCC(c1ccccc1)N1CCNCC1)c1cc(C(F)(F)F)cc(C(F)(F)F)c1. The molecule has 2 atom stereocenters. The van der Waals surface area contributed by atoms with Gasteiger partial charge in [-0.15, -0.1) is 0 Å². The molecule has 0 bridgehead atoms. The molecule has 1 aliphatic rings. The minimum absolute atomic E-state index is 0.129. The molecule has 3 nitrogen and oxygen atoms in total. The molecule has 0 radical (unpaired) electrons. The largest absolute Gasteiger partial charge is 0.416 e. The van der Waals surface area contributed by atoms with Gasteiger partial charge < -0.3 is 10.1 Å². The molecular weight excluding hydrogens is 422 g/mol. The predicted octanol–water partition coefficient (Wildman–Crippen LogP) is 5.45. The average Bonchev–Trinajstić information content (AvgIpc) is 2.74. The molecule has 0 aromatic heterocycles. The van der Waals surface area contributed by atoms with Crippen molar-refractivity contribution < 1.29 is 31.1 Å². The second-order valence-corrected chi connectivity index (χ2v) is 7.53. The Morgan fingerprint density at radius 3 is 1.94 bits per heavy atom. The van der Waals surface area contributed by atoms with Crippen molar-refractivity contribution in [2.24, 2.45) is 0 Å². The summed E-state index contributed by atoms with van der Waals surface area (Å²) >= 11 is 0. The summed E-state index contributed by atoms with van der Waals surface area (Å²) in [4.78, 5) is 2.20. The maximum atomic E-state index is 13.2. The van der Waals surface area contributed by atoms with Crippen molar-refractivity contribution in [2.45, 2.75) is 31.4 Å². The quantitative estimate of drug-likeness (QED) is 0.598. The van der Waals surface area contributed by atoms with Crippen LogP contribution in [0.25, 0.3) is 0 Å². The fourth-order valence-corrected chi connectivity index (χ4v) is 3.63. The molecule has 9 heteroatoms. The second-order valence-electron chi connectivity index (χ2n) is 7.53. The van der Waals surface area contributed by atoms with Crippen LogP contribution in [0.15, 0.2) is 48.5 Å². The Hall–Kier alpha value is -2.10. The van der Waals surface area contributed by atoms with Crippen LogP contribution in [-0.4, -0.2) is 37.7 Å². The van der Waals surface area contributed by atoms with Crippen molar-refractivity contribution in [3.05, 3.63) is 70.8 Å². The molecule has 0 amide bonds. The normalized spacial score (nSPS) is 18.0. The number of piperazine rings is 1. The van der Waals surface area contributed by atoms with E-state index in [0.29, 0.717) is 0 Å². The molecule has 2 unspecified atom stereocenters. The molecule has 1 saturated heterocycles. The van der Waals surface area contributed by atoms with Crippen LogP contribution in [0.4, 0.5) is 26.3 Å². The number of hydrogen-bond donors (Lipinski definition) is 1. The number of nitrogens with zero attached hydrogens (tertiary/aromatic N) is 1. The lowest BCUT2D eigenvalue weighted by atomic mass is 10.0. The lowest BCUT2D eigenvalue weighted by Gasteiger charge is -2.35. The minimum atomic E-state index is -4.89. The summed E-state index contributed by atoms with van der Waals surface area (Å²) < 4.78 is 84.8. The van der Waals surface area contributed by atoms with Crippen LogP contribution in [0.1, 0.15) is 41.3 Å². The third kappa shape index (κ3) is 6.21. The summed E-state index contributed by atoms with van der Waals surface area (Å²) in [6, 6.07) is 10.9. The van der Waals surface area contributed by atoms with Gasteiger partial charge in [0.2, 0.25) is 0 Å². The van der Waals surface area contributed by atoms with Gasteiger partial charge in [-0.2, -0.15) is 26.3 Å². The highest BCUT2D eigenvalue weighted by molar-refractivity contribution is 5.34. The number of hydrogen-bond acceptors (Lipinski definition) is 3. The van der Waals surface area contributed by atoms with Gasteiger partial charge in [-0.3, -0.25) is 4.90 Å². The van der Waals surface area contributed by atoms with Crippen LogP contribution >= 0.6 is 0 Å². The number of alkyl halides is 6. The smallest absolute Gasteiger partial charge is 0.372 e. The fourth-order valence-electron chi connectivity index (χ4n) is 3.63. The number of benzene rings is 2. The van der Waals surface area contributed by atoms with Crippen molar-refractivity contribution in [1.82, 2.24) is 10.2 Å². The van der Waals surface area contributed by atoms with Crippen LogP contribution in [0.2, 0.25) is 0 Å². The van der Waals surface area contributed by atoms with Crippen LogP contribution in [0.5, 0.6) is 0 Å². The Morgan fingerprint density at radius 1 is 0.871 bits per heavy atom. The highest BCUT2D eigenvalue weighted by Gasteiger charge is 2.37. The Bertz CT molecular complexity index is 815. The molecule has 1 fully saturated rings. The van der Waals surface area contributed by atoms with Crippen molar-refractivity contribution >= 4 is 0 Å². The molecule has 1 heterocycles. The Kier molecular flexibility index (Phi) is 7.28. The fraction of sp³-hybridized carbons (Fsp3) is 0.455. The van der Waals surface area contributed by atoms with Gasteiger partial charge in [-0.25, -0.2) is 0 Å². The molecule has 0 saturated carbocycles. The van der Waals surface area contributed by atoms with Gasteiger partial charge in [-0.05, 0) is 36.2 Å². The van der Waals surface area contributed by atoms with E-state index in [9.17, 15) is 26.3 Å². The third-order valence-electron chi connectivity index (χ3n) is 5.36. The summed E-state index contributed by atoms with van der Waals surface area (Å²) in [5.74, 6) is 0. The van der Waals surface area contributed by atoms with E-state index in [4.69, 9.17) is 4.74 Å². The van der Waals surface area contributed by atoms with E-state index in [2.05, 4.69) is 10.2 Å². The molecule has 1 N–H and O–H groups in total. The van der Waals surface area contributed by atoms with Gasteiger partial charge >= 0.3 is 12.4 Å². The molecule has 170 valence electrons. The predicted molar refractivity (Wildman–Crippen MR) is 104 cm³/mol. The molecule has 0 spiro atoms. The zero-order chi connectivity index (χ0) is 22.6. The summed E-state index contributed by atoms with van der Waals surface area (Å²) in [5.41, 5.74) is -1.85. The molecule has 1 aliphatic heterocycles. The zero-order valence-corrected chi connectivity index (χ0v) is 16.9. The highest BCUT2D eigenvalue weighted by atomic mass is 19.4. The number of rotatable bonds is 6. The summed E-state index contributed by atoms with van der Waals surface area (Å²) in [6.45, 7) is 4.72. The molecule has 31 heavy (non-hydrogen) atoms. The van der Waals surface area contributed by atoms with Crippen LogP contribution in [-0.2, 0) is 17.1 Å². The summed E-state index contributed by atoms with van der Waals surface area (Å²) in [6.07, 6.45) is -10.7. The van der Waals surface area contributed by atoms with Crippen molar-refractivity contribution in [3.8, 4) is 0 Å². The summed E-state index contributed by atoms with van der Waals surface area (Å²) in [5, 5.41) is 3.26. The van der Waals surface area contributed by atoms with Gasteiger partial charge in [0.1, 0.15) is 0 Å². The van der Waals surface area contributed by atoms with Crippen molar-refractivity contribution in [2.75, 3.05) is 32.8 Å². The first-order valence-corrected chi connectivity index (χ1v) is 9.96. The summed E-state index contributed by atoms with van der Waals surface area (Å²) in [7, 11) is 0. The van der Waals surface area contributed by atoms with E-state index in [1.165, 1.54) is 6.92 Å². The number of halogens is 6. The second kappa shape index (κ2) is 9.58. The van der Waals surface area contributed by atoms with E-state index in [1.54, 1.807) is 0 Å². The lowest BCUT2D eigenvalue weighted by Crippen LogP contribution is -2.46. The third-order valence-corrected chi connectivity index (χ3v) is 5.36. The number of nitrogens with one attached hydrogen (secondary N) is 1. The molecule has 2 aromatic carbocycles. The molecule has 2 aromatic rings. The van der Waals surface area contributed by atoms with Crippen molar-refractivity contribution in [1.29, 1.82) is 0 Å². The van der Waals surface area contributed by atoms with E-state index in [-0.39, 0.29) is 24.3 Å². The van der Waals surface area contributed by atoms with Crippen molar-refractivity contribution in [3.63, 3.8) is 0 Å². The average molecular weight is 446 g/mol. The molecule has 3 rings (SSSR count). The van der Waals surface area contributed by atoms with Gasteiger partial charge in [0.05, 0.1) is 29.9 Å². The Morgan fingerprint density at radius 2 is 1.42 bits per heavy atom. The van der Waals surface area contributed by atoms with Gasteiger partial charge in [0.25, 0.3) is 0 Å². The minimum Gasteiger partial charge on any atom is -0.372 e. The van der Waals surface area contributed by atoms with Crippen LogP contribution in [0, 0.1) is 0 Å². The first kappa shape index (κ1) is 23.6. The van der Waals surface area contributed by atoms with E-state index < -0.39 is 29.6 Å². The highest BCUT2D eigenvalue weighted by Crippen LogP contribution is 2.38. The first-order valence-electron chi connectivity index (χ1n) is 9.96. The Labute approximate surface area is 177 Å². The number of ether oxygens (including phenoxy) is 1. The molecule has 0 aliphatic carbocycles. The van der Waals surface area contributed by atoms with E-state index in [0.717, 1.165) is 43.9 Å². The van der Waals surface area contributed by atoms with E-state index in [1.807, 2.05) is 30.3 Å². The van der Waals surface area contributed by atoms with Gasteiger partial charge in [-0.1, -0.05) is 30.3 Å². The van der Waals surface area contributed by atoms with Crippen LogP contribution in [0.3, 0.4) is 0 Å². The Balaban J connectivity index is 1.82. The molecular formula is C22H24F6N2O. The first-order chi connectivity index (χ1) is 14.6. The standard InChI is InChI=1S/C22H24F6N2O/c1-15(17-11-18(21(23,24)25)13-19(12-17)22(26,27)28)31-14-20(16-5-3-2-4-6-16)30-9-7-29-8-10-30/h2-6,11-13,15,20,29H,7-10,14H2,1H3. The monoisotopic (exact) mass is 446 g/mol. The topological polar surface area (TPSA) is 24.5 Å².